The van der Waals surface area contributed by atoms with E-state index in [1.165, 1.54) is 22.1 Å². The third-order valence-corrected chi connectivity index (χ3v) is 8.39. The van der Waals surface area contributed by atoms with E-state index in [-0.39, 0.29) is 10.1 Å². The first-order valence-corrected chi connectivity index (χ1v) is 11.5. The van der Waals surface area contributed by atoms with Gasteiger partial charge in [-0.05, 0) is 43.4 Å². The van der Waals surface area contributed by atoms with Crippen molar-refractivity contribution in [1.29, 1.82) is 0 Å². The number of rotatable bonds is 5. The lowest BCUT2D eigenvalue weighted by molar-refractivity contribution is -0.119. The molecule has 0 radical (unpaired) electrons. The van der Waals surface area contributed by atoms with E-state index in [9.17, 15) is 13.2 Å². The molecule has 1 N–H and O–H groups in total. The SMILES string of the molecule is CSc1ccccc1NC(=O)[C@@H]1CCCN1S(=O)(=O)c1ccc(Cl)s1. The van der Waals surface area contributed by atoms with Crippen molar-refractivity contribution in [2.24, 2.45) is 0 Å². The number of thiophene rings is 1. The molecule has 1 fully saturated rings. The molecule has 9 heteroatoms. The Labute approximate surface area is 160 Å². The number of sulfonamides is 1. The Bertz CT molecular complexity index is 882. The Kier molecular flexibility index (Phi) is 5.75. The second-order valence-corrected chi connectivity index (χ2v) is 10.2. The maximum absolute atomic E-state index is 12.8. The molecule has 1 aromatic carbocycles. The molecule has 1 atom stereocenters. The molecule has 1 amide bonds. The van der Waals surface area contributed by atoms with Gasteiger partial charge in [-0.2, -0.15) is 4.31 Å². The molecule has 2 heterocycles. The van der Waals surface area contributed by atoms with Gasteiger partial charge in [0, 0.05) is 11.4 Å². The standard InChI is InChI=1S/C16H17ClN2O3S3/c1-23-13-7-3-2-5-11(13)18-16(20)12-6-4-10-19(12)25(21,22)15-9-8-14(17)24-15/h2-3,5,7-9,12H,4,6,10H2,1H3,(H,18,20)/t12-/m0/s1. The summed E-state index contributed by atoms with van der Waals surface area (Å²) in [6.07, 6.45) is 3.09. The van der Waals surface area contributed by atoms with E-state index in [0.717, 1.165) is 16.2 Å². The highest BCUT2D eigenvalue weighted by Crippen LogP contribution is 2.33. The molecule has 0 unspecified atom stereocenters. The van der Waals surface area contributed by atoms with Gasteiger partial charge in [-0.15, -0.1) is 23.1 Å². The average molecular weight is 417 g/mol. The van der Waals surface area contributed by atoms with Crippen LogP contribution in [-0.4, -0.2) is 37.5 Å². The molecule has 25 heavy (non-hydrogen) atoms. The lowest BCUT2D eigenvalue weighted by Crippen LogP contribution is -2.42. The van der Waals surface area contributed by atoms with Gasteiger partial charge < -0.3 is 5.32 Å². The quantitative estimate of drug-likeness (QED) is 0.750. The molecule has 0 aliphatic carbocycles. The first-order chi connectivity index (χ1) is 11.9. The number of anilines is 1. The number of thioether (sulfide) groups is 1. The first kappa shape index (κ1) is 18.7. The van der Waals surface area contributed by atoms with Crippen molar-refractivity contribution in [2.75, 3.05) is 18.1 Å². The Hall–Kier alpha value is -1.06. The van der Waals surface area contributed by atoms with Gasteiger partial charge in [-0.1, -0.05) is 23.7 Å². The van der Waals surface area contributed by atoms with E-state index in [1.54, 1.807) is 6.07 Å². The highest BCUT2D eigenvalue weighted by molar-refractivity contribution is 7.98. The minimum atomic E-state index is -3.72. The molecule has 0 saturated carbocycles. The number of carbonyl (C=O) groups excluding carboxylic acids is 1. The molecular weight excluding hydrogens is 400 g/mol. The van der Waals surface area contributed by atoms with Crippen LogP contribution in [0.25, 0.3) is 0 Å². The zero-order valence-corrected chi connectivity index (χ0v) is 16.6. The number of nitrogens with one attached hydrogen (secondary N) is 1. The number of nitrogens with zero attached hydrogens (tertiary/aromatic N) is 1. The Balaban J connectivity index is 1.83. The van der Waals surface area contributed by atoms with Crippen LogP contribution in [0, 0.1) is 0 Å². The first-order valence-electron chi connectivity index (χ1n) is 7.64. The van der Waals surface area contributed by atoms with E-state index >= 15 is 0 Å². The number of hydrogen-bond acceptors (Lipinski definition) is 5. The highest BCUT2D eigenvalue weighted by atomic mass is 35.5. The van der Waals surface area contributed by atoms with Crippen molar-refractivity contribution in [3.63, 3.8) is 0 Å². The van der Waals surface area contributed by atoms with Gasteiger partial charge in [0.15, 0.2) is 0 Å². The smallest absolute Gasteiger partial charge is 0.253 e. The van der Waals surface area contributed by atoms with Gasteiger partial charge in [-0.25, -0.2) is 8.42 Å². The third kappa shape index (κ3) is 3.88. The van der Waals surface area contributed by atoms with Crippen LogP contribution in [0.4, 0.5) is 5.69 Å². The van der Waals surface area contributed by atoms with Crippen LogP contribution in [0.3, 0.4) is 0 Å². The Morgan fingerprint density at radius 1 is 1.32 bits per heavy atom. The van der Waals surface area contributed by atoms with Crippen molar-refractivity contribution in [3.05, 3.63) is 40.7 Å². The molecule has 1 aliphatic heterocycles. The monoisotopic (exact) mass is 416 g/mol. The predicted molar refractivity (Wildman–Crippen MR) is 103 cm³/mol. The minimum absolute atomic E-state index is 0.168. The molecular formula is C16H17ClN2O3S3. The summed E-state index contributed by atoms with van der Waals surface area (Å²) in [5.74, 6) is -0.301. The molecule has 1 saturated heterocycles. The van der Waals surface area contributed by atoms with Crippen LogP contribution in [0.1, 0.15) is 12.8 Å². The molecule has 0 spiro atoms. The lowest BCUT2D eigenvalue weighted by atomic mass is 10.2. The normalized spacial score (nSPS) is 18.4. The van der Waals surface area contributed by atoms with Gasteiger partial charge in [0.05, 0.1) is 10.0 Å². The minimum Gasteiger partial charge on any atom is -0.324 e. The molecule has 5 nitrogen and oxygen atoms in total. The predicted octanol–water partition coefficient (Wildman–Crippen LogP) is 3.92. The van der Waals surface area contributed by atoms with Crippen LogP contribution in [0.5, 0.6) is 0 Å². The van der Waals surface area contributed by atoms with Crippen molar-refractivity contribution in [1.82, 2.24) is 4.31 Å². The van der Waals surface area contributed by atoms with Crippen LogP contribution < -0.4 is 5.32 Å². The fourth-order valence-electron chi connectivity index (χ4n) is 2.81. The molecule has 1 aromatic heterocycles. The third-order valence-electron chi connectivity index (χ3n) is 3.98. The lowest BCUT2D eigenvalue weighted by Gasteiger charge is -2.23. The number of hydrogen-bond donors (Lipinski definition) is 1. The van der Waals surface area contributed by atoms with Crippen LogP contribution >= 0.6 is 34.7 Å². The number of para-hydroxylation sites is 1. The second-order valence-electron chi connectivity index (χ2n) is 5.52. The fraction of sp³-hybridized carbons (Fsp3) is 0.312. The summed E-state index contributed by atoms with van der Waals surface area (Å²) in [5.41, 5.74) is 0.698. The zero-order chi connectivity index (χ0) is 18.0. The summed E-state index contributed by atoms with van der Waals surface area (Å²) in [6, 6.07) is 9.80. The average Bonchev–Trinajstić information content (AvgIpc) is 3.24. The molecule has 2 aromatic rings. The van der Waals surface area contributed by atoms with Crippen LogP contribution in [0.2, 0.25) is 4.34 Å². The summed E-state index contributed by atoms with van der Waals surface area (Å²) in [4.78, 5) is 13.7. The van der Waals surface area contributed by atoms with Gasteiger partial charge in [-0.3, -0.25) is 4.79 Å². The summed E-state index contributed by atoms with van der Waals surface area (Å²) >= 11 is 8.40. The molecule has 1 aliphatic rings. The van der Waals surface area contributed by atoms with Gasteiger partial charge in [0.1, 0.15) is 10.3 Å². The zero-order valence-electron chi connectivity index (χ0n) is 13.4. The van der Waals surface area contributed by atoms with Gasteiger partial charge in [0.2, 0.25) is 5.91 Å². The fourth-order valence-corrected chi connectivity index (χ4v) is 6.63. The summed E-state index contributed by atoms with van der Waals surface area (Å²) in [5, 5.41) is 2.87. The van der Waals surface area contributed by atoms with Gasteiger partial charge in [0.25, 0.3) is 10.0 Å². The second kappa shape index (κ2) is 7.67. The summed E-state index contributed by atoms with van der Waals surface area (Å²) in [7, 11) is -3.72. The maximum Gasteiger partial charge on any atom is 0.253 e. The van der Waals surface area contributed by atoms with E-state index in [4.69, 9.17) is 11.6 Å². The molecule has 0 bridgehead atoms. The summed E-state index contributed by atoms with van der Waals surface area (Å²) in [6.45, 7) is 0.333. The van der Waals surface area contributed by atoms with Crippen LogP contribution in [0.15, 0.2) is 45.5 Å². The highest BCUT2D eigenvalue weighted by Gasteiger charge is 2.40. The molecule has 134 valence electrons. The van der Waals surface area contributed by atoms with Crippen molar-refractivity contribution < 1.29 is 13.2 Å². The largest absolute Gasteiger partial charge is 0.324 e. The Morgan fingerprint density at radius 2 is 2.08 bits per heavy atom. The number of halogens is 1. The number of amides is 1. The Morgan fingerprint density at radius 3 is 2.76 bits per heavy atom. The summed E-state index contributed by atoms with van der Waals surface area (Å²) < 4.78 is 27.5. The maximum atomic E-state index is 12.8. The van der Waals surface area contributed by atoms with E-state index in [2.05, 4.69) is 5.32 Å². The van der Waals surface area contributed by atoms with Gasteiger partial charge >= 0.3 is 0 Å². The molecule has 3 rings (SSSR count). The van der Waals surface area contributed by atoms with Crippen molar-refractivity contribution in [2.45, 2.75) is 28.0 Å². The van der Waals surface area contributed by atoms with E-state index in [0.29, 0.717) is 29.4 Å². The van der Waals surface area contributed by atoms with Crippen molar-refractivity contribution in [3.8, 4) is 0 Å². The van der Waals surface area contributed by atoms with Crippen molar-refractivity contribution >= 4 is 56.3 Å². The van der Waals surface area contributed by atoms with E-state index in [1.807, 2.05) is 30.5 Å². The number of carbonyl (C=O) groups is 1. The number of benzene rings is 1. The van der Waals surface area contributed by atoms with E-state index < -0.39 is 16.1 Å². The van der Waals surface area contributed by atoms with Crippen LogP contribution in [-0.2, 0) is 14.8 Å². The topological polar surface area (TPSA) is 66.5 Å².